The van der Waals surface area contributed by atoms with Crippen molar-refractivity contribution in [3.05, 3.63) is 65.1 Å². The number of fused-ring (bicyclic) bond motifs is 1. The van der Waals surface area contributed by atoms with E-state index in [1.165, 1.54) is 38.1 Å². The second kappa shape index (κ2) is 6.04. The molecule has 0 fully saturated rings. The molecule has 0 bridgehead atoms. The number of benzene rings is 2. The highest BCUT2D eigenvalue weighted by atomic mass is 19.2. The number of rotatable bonds is 3. The molecule has 0 unspecified atom stereocenters. The van der Waals surface area contributed by atoms with Gasteiger partial charge in [-0.1, -0.05) is 6.07 Å². The summed E-state index contributed by atoms with van der Waals surface area (Å²) in [6, 6.07) is 7.73. The molecule has 6 heteroatoms. The molecule has 0 amide bonds. The Balaban J connectivity index is 2.12. The number of pyridine rings is 1. The van der Waals surface area contributed by atoms with Crippen molar-refractivity contribution < 1.29 is 23.0 Å². The predicted octanol–water partition coefficient (Wildman–Crippen LogP) is 4.98. The Labute approximate surface area is 142 Å². The third-order valence-electron chi connectivity index (χ3n) is 3.81. The average molecular weight is 347 g/mol. The fourth-order valence-corrected chi connectivity index (χ4v) is 2.65. The summed E-state index contributed by atoms with van der Waals surface area (Å²) in [6.45, 7) is 4.53. The molecule has 130 valence electrons. The van der Waals surface area contributed by atoms with Crippen molar-refractivity contribution in [2.75, 3.05) is 0 Å². The number of hydrogen-bond acceptors (Lipinski definition) is 3. The summed E-state index contributed by atoms with van der Waals surface area (Å²) >= 11 is 0. The van der Waals surface area contributed by atoms with Gasteiger partial charge < -0.3 is 9.84 Å². The summed E-state index contributed by atoms with van der Waals surface area (Å²) in [4.78, 5) is 4.20. The zero-order chi connectivity index (χ0) is 18.4. The first-order chi connectivity index (χ1) is 11.7. The molecule has 0 spiro atoms. The summed E-state index contributed by atoms with van der Waals surface area (Å²) in [5.74, 6) is -2.20. The molecule has 1 aromatic heterocycles. The van der Waals surface area contributed by atoms with Crippen LogP contribution in [0.3, 0.4) is 0 Å². The van der Waals surface area contributed by atoms with E-state index in [1.807, 2.05) is 0 Å². The van der Waals surface area contributed by atoms with Crippen LogP contribution in [0.25, 0.3) is 10.9 Å². The molecule has 1 N–H and O–H groups in total. The summed E-state index contributed by atoms with van der Waals surface area (Å²) in [5, 5.41) is 10.6. The lowest BCUT2D eigenvalue weighted by molar-refractivity contribution is 0.0720. The van der Waals surface area contributed by atoms with Crippen molar-refractivity contribution in [3.63, 3.8) is 0 Å². The molecule has 0 aliphatic heterocycles. The van der Waals surface area contributed by atoms with E-state index in [0.717, 1.165) is 12.1 Å². The van der Waals surface area contributed by atoms with E-state index in [-0.39, 0.29) is 22.6 Å². The standard InChI is InChI=1S/C19H16F3NO2/c1-10-17(8-11-7-13(21)14(22)9-15(11)23-10)25-16-6-4-5-12(20)18(16)19(2,3)24/h4-9,24H,1-3H3. The smallest absolute Gasteiger partial charge is 0.161 e. The van der Waals surface area contributed by atoms with Crippen molar-refractivity contribution >= 4 is 10.9 Å². The molecule has 1 heterocycles. The Morgan fingerprint density at radius 3 is 2.32 bits per heavy atom. The van der Waals surface area contributed by atoms with Crippen LogP contribution in [-0.4, -0.2) is 10.1 Å². The minimum atomic E-state index is -1.46. The van der Waals surface area contributed by atoms with Crippen LogP contribution in [0.15, 0.2) is 36.4 Å². The molecule has 2 aromatic carbocycles. The normalized spacial score (nSPS) is 11.8. The van der Waals surface area contributed by atoms with Crippen molar-refractivity contribution in [1.29, 1.82) is 0 Å². The van der Waals surface area contributed by atoms with Gasteiger partial charge in [0.2, 0.25) is 0 Å². The van der Waals surface area contributed by atoms with Crippen molar-refractivity contribution in [1.82, 2.24) is 4.98 Å². The van der Waals surface area contributed by atoms with Gasteiger partial charge in [0.05, 0.1) is 22.4 Å². The Kier molecular flexibility index (Phi) is 4.16. The molecule has 0 atom stereocenters. The van der Waals surface area contributed by atoms with E-state index >= 15 is 0 Å². The Hall–Kier alpha value is -2.60. The van der Waals surface area contributed by atoms with Crippen LogP contribution in [0.5, 0.6) is 11.5 Å². The zero-order valence-corrected chi connectivity index (χ0v) is 13.9. The number of nitrogens with zero attached hydrogens (tertiary/aromatic N) is 1. The molecule has 25 heavy (non-hydrogen) atoms. The van der Waals surface area contributed by atoms with Crippen LogP contribution in [0.2, 0.25) is 0 Å². The zero-order valence-electron chi connectivity index (χ0n) is 13.9. The number of aliphatic hydroxyl groups is 1. The van der Waals surface area contributed by atoms with Crippen molar-refractivity contribution in [3.8, 4) is 11.5 Å². The quantitative estimate of drug-likeness (QED) is 0.726. The van der Waals surface area contributed by atoms with Gasteiger partial charge in [-0.05, 0) is 45.0 Å². The summed E-state index contributed by atoms with van der Waals surface area (Å²) in [7, 11) is 0. The number of halogens is 3. The molecular weight excluding hydrogens is 331 g/mol. The number of hydrogen-bond donors (Lipinski definition) is 1. The average Bonchev–Trinajstić information content (AvgIpc) is 2.49. The lowest BCUT2D eigenvalue weighted by atomic mass is 9.96. The van der Waals surface area contributed by atoms with Crippen LogP contribution < -0.4 is 4.74 Å². The first kappa shape index (κ1) is 17.2. The third-order valence-corrected chi connectivity index (χ3v) is 3.81. The highest BCUT2D eigenvalue weighted by molar-refractivity contribution is 5.80. The largest absolute Gasteiger partial charge is 0.455 e. The number of aryl methyl sites for hydroxylation is 1. The molecule has 0 saturated carbocycles. The third kappa shape index (κ3) is 3.30. The van der Waals surface area contributed by atoms with E-state index in [4.69, 9.17) is 4.74 Å². The Morgan fingerprint density at radius 1 is 0.960 bits per heavy atom. The van der Waals surface area contributed by atoms with Gasteiger partial charge in [-0.25, -0.2) is 18.2 Å². The van der Waals surface area contributed by atoms with Crippen molar-refractivity contribution in [2.45, 2.75) is 26.4 Å². The summed E-state index contributed by atoms with van der Waals surface area (Å²) < 4.78 is 46.7. The minimum Gasteiger partial charge on any atom is -0.455 e. The SMILES string of the molecule is Cc1nc2cc(F)c(F)cc2cc1Oc1cccc(F)c1C(C)(C)O. The van der Waals surface area contributed by atoms with Crippen molar-refractivity contribution in [2.24, 2.45) is 0 Å². The van der Waals surface area contributed by atoms with Gasteiger partial charge in [0.1, 0.15) is 17.3 Å². The van der Waals surface area contributed by atoms with Crippen LogP contribution in [0.1, 0.15) is 25.1 Å². The van der Waals surface area contributed by atoms with Gasteiger partial charge in [-0.15, -0.1) is 0 Å². The second-order valence-electron chi connectivity index (χ2n) is 6.30. The van der Waals surface area contributed by atoms with E-state index in [0.29, 0.717) is 11.1 Å². The van der Waals surface area contributed by atoms with E-state index < -0.39 is 23.1 Å². The fraction of sp³-hybridized carbons (Fsp3) is 0.211. The van der Waals surface area contributed by atoms with Gasteiger partial charge >= 0.3 is 0 Å². The van der Waals surface area contributed by atoms with Crippen LogP contribution in [0, 0.1) is 24.4 Å². The molecule has 3 aromatic rings. The highest BCUT2D eigenvalue weighted by Gasteiger charge is 2.26. The van der Waals surface area contributed by atoms with Crippen LogP contribution >= 0.6 is 0 Å². The lowest BCUT2D eigenvalue weighted by Gasteiger charge is -2.22. The summed E-state index contributed by atoms with van der Waals surface area (Å²) in [5.41, 5.74) is -0.761. The predicted molar refractivity (Wildman–Crippen MR) is 88.1 cm³/mol. The fourth-order valence-electron chi connectivity index (χ4n) is 2.65. The topological polar surface area (TPSA) is 42.4 Å². The molecule has 0 aliphatic rings. The van der Waals surface area contributed by atoms with Gasteiger partial charge in [0.15, 0.2) is 11.6 Å². The maximum atomic E-state index is 14.2. The highest BCUT2D eigenvalue weighted by Crippen LogP contribution is 2.36. The molecular formula is C19H16F3NO2. The van der Waals surface area contributed by atoms with E-state index in [1.54, 1.807) is 6.92 Å². The van der Waals surface area contributed by atoms with E-state index in [9.17, 15) is 18.3 Å². The van der Waals surface area contributed by atoms with Gasteiger partial charge in [-0.3, -0.25) is 0 Å². The monoisotopic (exact) mass is 347 g/mol. The van der Waals surface area contributed by atoms with Gasteiger partial charge in [-0.2, -0.15) is 0 Å². The number of aromatic nitrogens is 1. The lowest BCUT2D eigenvalue weighted by Crippen LogP contribution is -2.18. The van der Waals surface area contributed by atoms with Crippen LogP contribution in [0.4, 0.5) is 13.2 Å². The van der Waals surface area contributed by atoms with Crippen LogP contribution in [-0.2, 0) is 5.60 Å². The molecule has 0 saturated heterocycles. The minimum absolute atomic E-state index is 0.000200. The Morgan fingerprint density at radius 2 is 1.64 bits per heavy atom. The van der Waals surface area contributed by atoms with E-state index in [2.05, 4.69) is 4.98 Å². The molecule has 0 radical (unpaired) electrons. The van der Waals surface area contributed by atoms with Gasteiger partial charge in [0.25, 0.3) is 0 Å². The molecule has 3 rings (SSSR count). The molecule has 3 nitrogen and oxygen atoms in total. The summed E-state index contributed by atoms with van der Waals surface area (Å²) in [6.07, 6.45) is 0. The second-order valence-corrected chi connectivity index (χ2v) is 6.30. The van der Waals surface area contributed by atoms with Gasteiger partial charge in [0, 0.05) is 11.5 Å². The molecule has 0 aliphatic carbocycles. The number of ether oxygens (including phenoxy) is 1. The first-order valence-electron chi connectivity index (χ1n) is 7.62. The first-order valence-corrected chi connectivity index (χ1v) is 7.62. The maximum Gasteiger partial charge on any atom is 0.161 e. The maximum absolute atomic E-state index is 14.2. The Bertz CT molecular complexity index is 965.